The van der Waals surface area contributed by atoms with E-state index in [0.717, 1.165) is 11.3 Å². The summed E-state index contributed by atoms with van der Waals surface area (Å²) in [5.74, 6) is -0.488. The average molecular weight is 291 g/mol. The Labute approximate surface area is 114 Å². The van der Waals surface area contributed by atoms with E-state index in [9.17, 15) is 9.90 Å². The average Bonchev–Trinajstić information content (AvgIpc) is 2.69. The van der Waals surface area contributed by atoms with Gasteiger partial charge >= 0.3 is 5.97 Å². The van der Waals surface area contributed by atoms with Crippen molar-refractivity contribution >= 4 is 34.0 Å². The fourth-order valence-electron chi connectivity index (χ4n) is 1.88. The van der Waals surface area contributed by atoms with Crippen LogP contribution in [0.3, 0.4) is 0 Å². The topological polar surface area (TPSA) is 71.5 Å². The van der Waals surface area contributed by atoms with Crippen LogP contribution in [0.4, 0.5) is 5.13 Å². The van der Waals surface area contributed by atoms with Crippen molar-refractivity contribution in [3.63, 3.8) is 0 Å². The Hall–Kier alpha value is -0.850. The van der Waals surface area contributed by atoms with Crippen molar-refractivity contribution in [2.24, 2.45) is 5.41 Å². The molecule has 5 nitrogen and oxygen atoms in total. The first kappa shape index (κ1) is 13.6. The SMILES string of the molecule is COC(=O)c1sc(NC2CC(O)C2(C)C)nc1Cl. The van der Waals surface area contributed by atoms with Crippen LogP contribution in [0.5, 0.6) is 0 Å². The standard InChI is InChI=1S/C11H15ClN2O3S/c1-11(2)5(4-6(11)15)13-10-14-8(12)7(18-10)9(16)17-3/h5-6,15H,4H2,1-3H3,(H,13,14). The molecule has 1 aromatic heterocycles. The molecule has 1 aromatic rings. The minimum atomic E-state index is -0.488. The van der Waals surface area contributed by atoms with Crippen LogP contribution in [0.1, 0.15) is 29.9 Å². The number of rotatable bonds is 3. The molecule has 0 amide bonds. The third kappa shape index (κ3) is 2.20. The lowest BCUT2D eigenvalue weighted by Gasteiger charge is -2.49. The Morgan fingerprint density at radius 2 is 2.33 bits per heavy atom. The highest BCUT2D eigenvalue weighted by molar-refractivity contribution is 7.18. The van der Waals surface area contributed by atoms with E-state index in [1.165, 1.54) is 7.11 Å². The molecule has 0 spiro atoms. The molecular formula is C11H15ClN2O3S. The number of aromatic nitrogens is 1. The molecule has 0 radical (unpaired) electrons. The normalized spacial score (nSPS) is 25.4. The van der Waals surface area contributed by atoms with E-state index >= 15 is 0 Å². The second-order valence-corrected chi connectivity index (χ2v) is 6.26. The summed E-state index contributed by atoms with van der Waals surface area (Å²) in [5.41, 5.74) is -0.205. The number of hydrogen-bond donors (Lipinski definition) is 2. The number of nitrogens with zero attached hydrogens (tertiary/aromatic N) is 1. The predicted octanol–water partition coefficient (Wildman–Crippen LogP) is 2.15. The molecule has 2 N–H and O–H groups in total. The first-order valence-electron chi connectivity index (χ1n) is 5.55. The van der Waals surface area contributed by atoms with Gasteiger partial charge in [-0.2, -0.15) is 0 Å². The van der Waals surface area contributed by atoms with Gasteiger partial charge in [-0.15, -0.1) is 0 Å². The molecule has 1 heterocycles. The maximum absolute atomic E-state index is 11.4. The van der Waals surface area contributed by atoms with Crippen LogP contribution in [-0.2, 0) is 4.74 Å². The Kier molecular flexibility index (Phi) is 3.53. The van der Waals surface area contributed by atoms with Gasteiger partial charge in [-0.3, -0.25) is 0 Å². The number of aliphatic hydroxyl groups is 1. The number of thiazole rings is 1. The number of carbonyl (C=O) groups is 1. The van der Waals surface area contributed by atoms with Crippen LogP contribution in [0.2, 0.25) is 5.15 Å². The van der Waals surface area contributed by atoms with E-state index in [1.54, 1.807) is 0 Å². The van der Waals surface area contributed by atoms with E-state index in [-0.39, 0.29) is 22.7 Å². The highest BCUT2D eigenvalue weighted by Gasteiger charge is 2.47. The number of halogens is 1. The fraction of sp³-hybridized carbons (Fsp3) is 0.636. The summed E-state index contributed by atoms with van der Waals surface area (Å²) in [4.78, 5) is 15.8. The first-order chi connectivity index (χ1) is 8.36. The smallest absolute Gasteiger partial charge is 0.351 e. The molecule has 100 valence electrons. The maximum atomic E-state index is 11.4. The first-order valence-corrected chi connectivity index (χ1v) is 6.75. The number of esters is 1. The van der Waals surface area contributed by atoms with E-state index < -0.39 is 5.97 Å². The van der Waals surface area contributed by atoms with Gasteiger partial charge in [-0.05, 0) is 6.42 Å². The largest absolute Gasteiger partial charge is 0.465 e. The van der Waals surface area contributed by atoms with Crippen molar-refractivity contribution in [3.8, 4) is 0 Å². The molecule has 0 saturated heterocycles. The number of ether oxygens (including phenoxy) is 1. The van der Waals surface area contributed by atoms with Crippen molar-refractivity contribution in [3.05, 3.63) is 10.0 Å². The summed E-state index contributed by atoms with van der Waals surface area (Å²) < 4.78 is 4.61. The molecule has 2 atom stereocenters. The zero-order chi connectivity index (χ0) is 13.5. The summed E-state index contributed by atoms with van der Waals surface area (Å²) in [7, 11) is 1.30. The van der Waals surface area contributed by atoms with Gasteiger partial charge in [0.2, 0.25) is 0 Å². The van der Waals surface area contributed by atoms with Gasteiger partial charge in [0, 0.05) is 11.5 Å². The molecule has 1 fully saturated rings. The third-order valence-electron chi connectivity index (χ3n) is 3.47. The predicted molar refractivity (Wildman–Crippen MR) is 70.3 cm³/mol. The zero-order valence-corrected chi connectivity index (χ0v) is 11.9. The van der Waals surface area contributed by atoms with Crippen LogP contribution in [0.25, 0.3) is 0 Å². The van der Waals surface area contributed by atoms with Gasteiger partial charge in [0.15, 0.2) is 15.2 Å². The van der Waals surface area contributed by atoms with Gasteiger partial charge in [0.05, 0.1) is 13.2 Å². The second kappa shape index (κ2) is 4.68. The van der Waals surface area contributed by atoms with Gasteiger partial charge in [-0.1, -0.05) is 36.8 Å². The number of nitrogens with one attached hydrogen (secondary N) is 1. The fourth-order valence-corrected chi connectivity index (χ4v) is 3.03. The van der Waals surface area contributed by atoms with Crippen molar-refractivity contribution in [1.29, 1.82) is 0 Å². The lowest BCUT2D eigenvalue weighted by molar-refractivity contribution is -0.0510. The van der Waals surface area contributed by atoms with E-state index in [1.807, 2.05) is 13.8 Å². The van der Waals surface area contributed by atoms with Crippen LogP contribution in [-0.4, -0.2) is 35.3 Å². The van der Waals surface area contributed by atoms with E-state index in [2.05, 4.69) is 15.0 Å². The minimum absolute atomic E-state index is 0.125. The lowest BCUT2D eigenvalue weighted by atomic mass is 9.65. The molecule has 0 aromatic carbocycles. The summed E-state index contributed by atoms with van der Waals surface area (Å²) >= 11 is 7.03. The van der Waals surface area contributed by atoms with Crippen LogP contribution in [0, 0.1) is 5.41 Å². The lowest BCUT2D eigenvalue weighted by Crippen LogP contribution is -2.56. The summed E-state index contributed by atoms with van der Waals surface area (Å²) in [5, 5.41) is 13.6. The Balaban J connectivity index is 2.10. The highest BCUT2D eigenvalue weighted by atomic mass is 35.5. The van der Waals surface area contributed by atoms with Crippen LogP contribution >= 0.6 is 22.9 Å². The summed E-state index contributed by atoms with van der Waals surface area (Å²) in [6.45, 7) is 3.96. The van der Waals surface area contributed by atoms with Crippen molar-refractivity contribution < 1.29 is 14.6 Å². The maximum Gasteiger partial charge on any atom is 0.351 e. The van der Waals surface area contributed by atoms with Gasteiger partial charge < -0.3 is 15.2 Å². The number of carbonyl (C=O) groups excluding carboxylic acids is 1. The number of anilines is 1. The van der Waals surface area contributed by atoms with Crippen LogP contribution < -0.4 is 5.32 Å². The van der Waals surface area contributed by atoms with Gasteiger partial charge in [0.1, 0.15) is 0 Å². The Morgan fingerprint density at radius 3 is 2.83 bits per heavy atom. The van der Waals surface area contributed by atoms with Crippen molar-refractivity contribution in [2.45, 2.75) is 32.4 Å². The number of aliphatic hydroxyl groups excluding tert-OH is 1. The molecule has 1 saturated carbocycles. The summed E-state index contributed by atoms with van der Waals surface area (Å²) in [6.07, 6.45) is 0.350. The number of hydrogen-bond acceptors (Lipinski definition) is 6. The molecule has 7 heteroatoms. The van der Waals surface area contributed by atoms with Crippen molar-refractivity contribution in [2.75, 3.05) is 12.4 Å². The van der Waals surface area contributed by atoms with Crippen molar-refractivity contribution in [1.82, 2.24) is 4.98 Å². The molecule has 2 rings (SSSR count). The molecule has 1 aliphatic carbocycles. The van der Waals surface area contributed by atoms with E-state index in [0.29, 0.717) is 16.4 Å². The van der Waals surface area contributed by atoms with Gasteiger partial charge in [-0.25, -0.2) is 9.78 Å². The molecule has 1 aliphatic rings. The zero-order valence-electron chi connectivity index (χ0n) is 10.4. The molecule has 18 heavy (non-hydrogen) atoms. The molecular weight excluding hydrogens is 276 g/mol. The monoisotopic (exact) mass is 290 g/mol. The third-order valence-corrected chi connectivity index (χ3v) is 4.82. The highest BCUT2D eigenvalue weighted by Crippen LogP contribution is 2.43. The van der Waals surface area contributed by atoms with Crippen LogP contribution in [0.15, 0.2) is 0 Å². The Morgan fingerprint density at radius 1 is 1.67 bits per heavy atom. The minimum Gasteiger partial charge on any atom is -0.465 e. The summed E-state index contributed by atoms with van der Waals surface area (Å²) in [6, 6.07) is 0.125. The molecule has 0 bridgehead atoms. The van der Waals surface area contributed by atoms with E-state index in [4.69, 9.17) is 11.6 Å². The molecule has 2 unspecified atom stereocenters. The molecule has 0 aliphatic heterocycles. The quantitative estimate of drug-likeness (QED) is 0.835. The van der Waals surface area contributed by atoms with Gasteiger partial charge in [0.25, 0.3) is 0 Å². The number of methoxy groups -OCH3 is 1. The second-order valence-electron chi connectivity index (χ2n) is 4.90. The Bertz CT molecular complexity index is 475.